The van der Waals surface area contributed by atoms with Crippen LogP contribution in [0.3, 0.4) is 0 Å². The zero-order valence-electron chi connectivity index (χ0n) is 11.1. The molecule has 2 saturated carbocycles. The molecule has 3 rings (SSSR count). The quantitative estimate of drug-likeness (QED) is 0.784. The average Bonchev–Trinajstić information content (AvgIpc) is 2.92. The van der Waals surface area contributed by atoms with E-state index in [1.807, 2.05) is 6.20 Å². The number of nitrogens with one attached hydrogen (secondary N) is 2. The Bertz CT molecular complexity index is 449. The second-order valence-corrected chi connectivity index (χ2v) is 6.71. The third kappa shape index (κ3) is 2.96. The molecular formula is C14H20N4S. The van der Waals surface area contributed by atoms with Crippen molar-refractivity contribution in [2.75, 3.05) is 5.75 Å². The fourth-order valence-electron chi connectivity index (χ4n) is 3.06. The Morgan fingerprint density at radius 3 is 3.11 bits per heavy atom. The molecule has 2 aliphatic carbocycles. The van der Waals surface area contributed by atoms with E-state index in [1.54, 1.807) is 18.0 Å². The van der Waals surface area contributed by atoms with Crippen molar-refractivity contribution >= 4 is 11.8 Å². The average molecular weight is 276 g/mol. The topological polar surface area (TPSA) is 64.5 Å². The van der Waals surface area contributed by atoms with Crippen molar-refractivity contribution in [3.05, 3.63) is 12.4 Å². The highest BCUT2D eigenvalue weighted by atomic mass is 32.2. The largest absolute Gasteiger partial charge is 0.340 e. The molecule has 4 nitrogen and oxygen atoms in total. The summed E-state index contributed by atoms with van der Waals surface area (Å²) in [5.74, 6) is 1.54. The third-order valence-corrected chi connectivity index (χ3v) is 5.17. The van der Waals surface area contributed by atoms with Crippen LogP contribution in [0.5, 0.6) is 0 Å². The van der Waals surface area contributed by atoms with E-state index in [0.29, 0.717) is 12.0 Å². The van der Waals surface area contributed by atoms with Crippen LogP contribution in [0, 0.1) is 17.2 Å². The first-order valence-corrected chi connectivity index (χ1v) is 8.12. The maximum Gasteiger partial charge on any atom is 0.165 e. The van der Waals surface area contributed by atoms with Crippen LogP contribution in [-0.4, -0.2) is 27.3 Å². The minimum absolute atomic E-state index is 0.245. The van der Waals surface area contributed by atoms with Gasteiger partial charge in [-0.15, -0.1) is 0 Å². The van der Waals surface area contributed by atoms with Crippen LogP contribution in [0.2, 0.25) is 0 Å². The van der Waals surface area contributed by atoms with Crippen LogP contribution in [0.4, 0.5) is 0 Å². The monoisotopic (exact) mass is 276 g/mol. The zero-order valence-corrected chi connectivity index (χ0v) is 11.9. The molecule has 5 heteroatoms. The van der Waals surface area contributed by atoms with Gasteiger partial charge < -0.3 is 4.98 Å². The van der Waals surface area contributed by atoms with E-state index in [4.69, 9.17) is 0 Å². The van der Waals surface area contributed by atoms with E-state index in [9.17, 15) is 5.26 Å². The number of aromatic nitrogens is 2. The molecule has 0 amide bonds. The summed E-state index contributed by atoms with van der Waals surface area (Å²) >= 11 is 1.76. The molecule has 2 N–H and O–H groups in total. The summed E-state index contributed by atoms with van der Waals surface area (Å²) in [6.07, 6.45) is 10.6. The summed E-state index contributed by atoms with van der Waals surface area (Å²) in [5, 5.41) is 14.2. The van der Waals surface area contributed by atoms with Crippen LogP contribution in [0.1, 0.15) is 38.5 Å². The lowest BCUT2D eigenvalue weighted by Crippen LogP contribution is -2.48. The molecule has 102 valence electrons. The Hall–Kier alpha value is -0.990. The van der Waals surface area contributed by atoms with Crippen molar-refractivity contribution in [1.82, 2.24) is 15.3 Å². The Labute approximate surface area is 118 Å². The third-order valence-electron chi connectivity index (χ3n) is 4.24. The molecule has 1 heterocycles. The molecule has 0 saturated heterocycles. The van der Waals surface area contributed by atoms with Crippen LogP contribution >= 0.6 is 11.8 Å². The molecule has 0 spiro atoms. The first-order valence-electron chi connectivity index (χ1n) is 7.13. The zero-order chi connectivity index (χ0) is 13.1. The molecule has 0 bridgehead atoms. The number of thioether (sulfide) groups is 1. The first-order chi connectivity index (χ1) is 9.32. The highest BCUT2D eigenvalue weighted by Crippen LogP contribution is 2.40. The van der Waals surface area contributed by atoms with Gasteiger partial charge in [0, 0.05) is 24.2 Å². The van der Waals surface area contributed by atoms with Crippen molar-refractivity contribution in [2.24, 2.45) is 5.92 Å². The van der Waals surface area contributed by atoms with Gasteiger partial charge in [-0.2, -0.15) is 5.26 Å². The number of imidazole rings is 1. The van der Waals surface area contributed by atoms with Crippen molar-refractivity contribution in [2.45, 2.75) is 55.3 Å². The molecule has 0 radical (unpaired) electrons. The van der Waals surface area contributed by atoms with Crippen LogP contribution in [0.25, 0.3) is 0 Å². The minimum Gasteiger partial charge on any atom is -0.340 e. The summed E-state index contributed by atoms with van der Waals surface area (Å²) < 4.78 is 0. The van der Waals surface area contributed by atoms with E-state index in [2.05, 4.69) is 21.4 Å². The molecule has 1 aromatic rings. The second-order valence-electron chi connectivity index (χ2n) is 5.62. The summed E-state index contributed by atoms with van der Waals surface area (Å²) in [5.41, 5.74) is -0.245. The Balaban J connectivity index is 1.54. The maximum atomic E-state index is 9.61. The summed E-state index contributed by atoms with van der Waals surface area (Å²) in [6.45, 7) is 0. The smallest absolute Gasteiger partial charge is 0.165 e. The molecule has 0 aromatic carbocycles. The number of rotatable bonds is 6. The number of H-pyrrole nitrogens is 1. The van der Waals surface area contributed by atoms with Crippen molar-refractivity contribution in [3.8, 4) is 6.07 Å². The molecule has 2 aliphatic rings. The van der Waals surface area contributed by atoms with Gasteiger partial charge in [-0.25, -0.2) is 4.98 Å². The summed E-state index contributed by atoms with van der Waals surface area (Å²) in [6, 6.07) is 3.21. The standard InChI is InChI=1S/C14H20N4S/c15-10-14(18-12-3-4-12)6-1-2-11(14)5-9-19-13-16-7-8-17-13/h7-8,11-12,18H,1-6,9H2,(H,16,17). The van der Waals surface area contributed by atoms with E-state index in [0.717, 1.165) is 23.8 Å². The predicted molar refractivity (Wildman–Crippen MR) is 75.8 cm³/mol. The van der Waals surface area contributed by atoms with Gasteiger partial charge in [-0.3, -0.25) is 5.32 Å². The number of hydrogen-bond donors (Lipinski definition) is 2. The fraction of sp³-hybridized carbons (Fsp3) is 0.714. The Morgan fingerprint density at radius 2 is 2.42 bits per heavy atom. The van der Waals surface area contributed by atoms with Crippen LogP contribution < -0.4 is 5.32 Å². The van der Waals surface area contributed by atoms with Gasteiger partial charge in [0.15, 0.2) is 5.16 Å². The normalized spacial score (nSPS) is 30.4. The van der Waals surface area contributed by atoms with Crippen molar-refractivity contribution < 1.29 is 0 Å². The Morgan fingerprint density at radius 1 is 1.53 bits per heavy atom. The highest BCUT2D eigenvalue weighted by Gasteiger charge is 2.45. The van der Waals surface area contributed by atoms with E-state index in [-0.39, 0.29) is 5.54 Å². The molecule has 1 aromatic heterocycles. The highest BCUT2D eigenvalue weighted by molar-refractivity contribution is 7.99. The van der Waals surface area contributed by atoms with Gasteiger partial charge in [0.2, 0.25) is 0 Å². The maximum absolute atomic E-state index is 9.61. The SMILES string of the molecule is N#CC1(NC2CC2)CCCC1CCSc1ncc[nH]1. The van der Waals surface area contributed by atoms with E-state index >= 15 is 0 Å². The van der Waals surface area contributed by atoms with Gasteiger partial charge in [0.05, 0.1) is 6.07 Å². The number of nitrogens with zero attached hydrogens (tertiary/aromatic N) is 2. The molecule has 2 unspecified atom stereocenters. The molecule has 2 atom stereocenters. The summed E-state index contributed by atoms with van der Waals surface area (Å²) in [4.78, 5) is 7.33. The van der Waals surface area contributed by atoms with Gasteiger partial charge in [-0.05, 0) is 38.0 Å². The number of hydrogen-bond acceptors (Lipinski definition) is 4. The summed E-state index contributed by atoms with van der Waals surface area (Å²) in [7, 11) is 0. The van der Waals surface area contributed by atoms with Gasteiger partial charge in [0.1, 0.15) is 5.54 Å². The van der Waals surface area contributed by atoms with Crippen LogP contribution in [0.15, 0.2) is 17.6 Å². The fourth-order valence-corrected chi connectivity index (χ4v) is 3.94. The predicted octanol–water partition coefficient (Wildman–Crippen LogP) is 2.71. The Kier molecular flexibility index (Phi) is 3.81. The first kappa shape index (κ1) is 13.0. The molecular weight excluding hydrogens is 256 g/mol. The molecule has 2 fully saturated rings. The van der Waals surface area contributed by atoms with E-state index in [1.165, 1.54) is 25.7 Å². The number of aromatic amines is 1. The van der Waals surface area contributed by atoms with Crippen molar-refractivity contribution in [3.63, 3.8) is 0 Å². The molecule has 0 aliphatic heterocycles. The van der Waals surface area contributed by atoms with Gasteiger partial charge in [0.25, 0.3) is 0 Å². The lowest BCUT2D eigenvalue weighted by molar-refractivity contribution is 0.308. The van der Waals surface area contributed by atoms with Gasteiger partial charge >= 0.3 is 0 Å². The van der Waals surface area contributed by atoms with Crippen LogP contribution in [-0.2, 0) is 0 Å². The second kappa shape index (κ2) is 5.56. The lowest BCUT2D eigenvalue weighted by Gasteiger charge is -2.30. The lowest BCUT2D eigenvalue weighted by atomic mass is 9.86. The molecule has 19 heavy (non-hydrogen) atoms. The van der Waals surface area contributed by atoms with E-state index < -0.39 is 0 Å². The number of nitriles is 1. The van der Waals surface area contributed by atoms with Gasteiger partial charge in [-0.1, -0.05) is 18.2 Å². The van der Waals surface area contributed by atoms with Crippen molar-refractivity contribution in [1.29, 1.82) is 5.26 Å². The minimum atomic E-state index is -0.245.